The minimum absolute atomic E-state index is 0.0254. The lowest BCUT2D eigenvalue weighted by Crippen LogP contribution is -2.38. The Bertz CT molecular complexity index is 279. The molecule has 2 N–H and O–H groups in total. The van der Waals surface area contributed by atoms with E-state index in [1.807, 2.05) is 6.92 Å². The first-order chi connectivity index (χ1) is 7.97. The van der Waals surface area contributed by atoms with E-state index in [0.29, 0.717) is 19.4 Å². The molecule has 0 fully saturated rings. The number of carboxylic acid groups (broad SMARTS) is 1. The number of carbonyl (C=O) groups excluding carboxylic acids is 2. The molecule has 0 aromatic heterocycles. The van der Waals surface area contributed by atoms with Crippen molar-refractivity contribution in [3.05, 3.63) is 0 Å². The SMILES string of the molecule is CCCC(=O)NCC(=O)N(C)CCCC(=O)O. The minimum atomic E-state index is -0.873. The van der Waals surface area contributed by atoms with Crippen LogP contribution in [0.2, 0.25) is 0 Å². The zero-order valence-corrected chi connectivity index (χ0v) is 10.4. The van der Waals surface area contributed by atoms with Crippen LogP contribution >= 0.6 is 0 Å². The molecule has 0 heterocycles. The van der Waals surface area contributed by atoms with Crippen molar-refractivity contribution in [3.8, 4) is 0 Å². The molecule has 0 radical (unpaired) electrons. The number of carbonyl (C=O) groups is 3. The fourth-order valence-electron chi connectivity index (χ4n) is 1.22. The zero-order valence-electron chi connectivity index (χ0n) is 10.4. The summed E-state index contributed by atoms with van der Waals surface area (Å²) >= 11 is 0. The smallest absolute Gasteiger partial charge is 0.303 e. The maximum atomic E-state index is 11.5. The Balaban J connectivity index is 3.74. The fourth-order valence-corrected chi connectivity index (χ4v) is 1.22. The third-order valence-corrected chi connectivity index (χ3v) is 2.22. The van der Waals surface area contributed by atoms with Gasteiger partial charge in [-0.2, -0.15) is 0 Å². The molecule has 0 aromatic rings. The Morgan fingerprint density at radius 2 is 1.88 bits per heavy atom. The molecular weight excluding hydrogens is 224 g/mol. The topological polar surface area (TPSA) is 86.7 Å². The summed E-state index contributed by atoms with van der Waals surface area (Å²) in [5.41, 5.74) is 0. The largest absolute Gasteiger partial charge is 0.481 e. The van der Waals surface area contributed by atoms with Crippen molar-refractivity contribution in [1.82, 2.24) is 10.2 Å². The molecule has 0 unspecified atom stereocenters. The van der Waals surface area contributed by atoms with Crippen LogP contribution in [0.15, 0.2) is 0 Å². The molecule has 0 saturated carbocycles. The normalized spacial score (nSPS) is 9.76. The summed E-state index contributed by atoms with van der Waals surface area (Å²) in [5, 5.41) is 11.0. The van der Waals surface area contributed by atoms with Crippen molar-refractivity contribution in [1.29, 1.82) is 0 Å². The Morgan fingerprint density at radius 3 is 2.41 bits per heavy atom. The molecule has 0 rings (SSSR count). The molecule has 98 valence electrons. The average molecular weight is 244 g/mol. The molecule has 6 heteroatoms. The fraction of sp³-hybridized carbons (Fsp3) is 0.727. The summed E-state index contributed by atoms with van der Waals surface area (Å²) in [6, 6.07) is 0. The van der Waals surface area contributed by atoms with Gasteiger partial charge in [0.25, 0.3) is 0 Å². The van der Waals surface area contributed by atoms with Crippen molar-refractivity contribution < 1.29 is 19.5 Å². The van der Waals surface area contributed by atoms with E-state index in [9.17, 15) is 14.4 Å². The molecule has 0 aliphatic heterocycles. The second-order valence-electron chi connectivity index (χ2n) is 3.84. The number of hydrogen-bond acceptors (Lipinski definition) is 3. The number of hydrogen-bond donors (Lipinski definition) is 2. The van der Waals surface area contributed by atoms with Gasteiger partial charge < -0.3 is 15.3 Å². The zero-order chi connectivity index (χ0) is 13.3. The number of nitrogens with one attached hydrogen (secondary N) is 1. The first kappa shape index (κ1) is 15.4. The van der Waals surface area contributed by atoms with Gasteiger partial charge in [-0.1, -0.05) is 6.92 Å². The van der Waals surface area contributed by atoms with Gasteiger partial charge in [-0.3, -0.25) is 14.4 Å². The van der Waals surface area contributed by atoms with Crippen LogP contribution in [0, 0.1) is 0 Å². The number of amides is 2. The lowest BCUT2D eigenvalue weighted by atomic mass is 10.3. The Kier molecular flexibility index (Phi) is 7.75. The predicted octanol–water partition coefficient (Wildman–Crippen LogP) is 0.226. The summed E-state index contributed by atoms with van der Waals surface area (Å²) in [5.74, 6) is -1.22. The van der Waals surface area contributed by atoms with Gasteiger partial charge in [0.15, 0.2) is 0 Å². The molecule has 0 aliphatic carbocycles. The monoisotopic (exact) mass is 244 g/mol. The van der Waals surface area contributed by atoms with Crippen LogP contribution < -0.4 is 5.32 Å². The lowest BCUT2D eigenvalue weighted by molar-refractivity contribution is -0.137. The molecule has 17 heavy (non-hydrogen) atoms. The van der Waals surface area contributed by atoms with Gasteiger partial charge in [0, 0.05) is 26.4 Å². The van der Waals surface area contributed by atoms with Gasteiger partial charge in [-0.15, -0.1) is 0 Å². The standard InChI is InChI=1S/C11H20N2O4/c1-3-5-9(14)12-8-10(15)13(2)7-4-6-11(16)17/h3-8H2,1-2H3,(H,12,14)(H,16,17). The van der Waals surface area contributed by atoms with Crippen LogP contribution in [0.5, 0.6) is 0 Å². The van der Waals surface area contributed by atoms with E-state index in [-0.39, 0.29) is 24.8 Å². The van der Waals surface area contributed by atoms with Crippen LogP contribution in [0.25, 0.3) is 0 Å². The maximum Gasteiger partial charge on any atom is 0.303 e. The van der Waals surface area contributed by atoms with Gasteiger partial charge in [0.05, 0.1) is 6.54 Å². The van der Waals surface area contributed by atoms with Crippen molar-refractivity contribution in [2.75, 3.05) is 20.1 Å². The van der Waals surface area contributed by atoms with Crippen molar-refractivity contribution in [2.24, 2.45) is 0 Å². The highest BCUT2D eigenvalue weighted by molar-refractivity contribution is 5.84. The average Bonchev–Trinajstić information content (AvgIpc) is 2.25. The summed E-state index contributed by atoms with van der Waals surface area (Å²) in [4.78, 5) is 34.3. The minimum Gasteiger partial charge on any atom is -0.481 e. The Labute approximate surface area is 101 Å². The number of rotatable bonds is 8. The second-order valence-corrected chi connectivity index (χ2v) is 3.84. The molecule has 0 aliphatic rings. The summed E-state index contributed by atoms with van der Waals surface area (Å²) in [7, 11) is 1.59. The maximum absolute atomic E-state index is 11.5. The summed E-state index contributed by atoms with van der Waals surface area (Å²) < 4.78 is 0. The lowest BCUT2D eigenvalue weighted by Gasteiger charge is -2.16. The molecule has 2 amide bonds. The highest BCUT2D eigenvalue weighted by atomic mass is 16.4. The van der Waals surface area contributed by atoms with E-state index in [1.165, 1.54) is 4.90 Å². The molecule has 0 saturated heterocycles. The third-order valence-electron chi connectivity index (χ3n) is 2.22. The summed E-state index contributed by atoms with van der Waals surface area (Å²) in [6.45, 7) is 2.25. The highest BCUT2D eigenvalue weighted by Gasteiger charge is 2.10. The third kappa shape index (κ3) is 8.24. The molecule has 0 atom stereocenters. The van der Waals surface area contributed by atoms with E-state index in [4.69, 9.17) is 5.11 Å². The van der Waals surface area contributed by atoms with Crippen molar-refractivity contribution in [2.45, 2.75) is 32.6 Å². The number of carboxylic acids is 1. The van der Waals surface area contributed by atoms with E-state index < -0.39 is 5.97 Å². The van der Waals surface area contributed by atoms with Crippen LogP contribution in [0.4, 0.5) is 0 Å². The van der Waals surface area contributed by atoms with Crippen LogP contribution in [0.1, 0.15) is 32.6 Å². The van der Waals surface area contributed by atoms with Crippen LogP contribution in [0.3, 0.4) is 0 Å². The Morgan fingerprint density at radius 1 is 1.24 bits per heavy atom. The summed E-state index contributed by atoms with van der Waals surface area (Å²) in [6.07, 6.45) is 1.62. The number of likely N-dealkylation sites (N-methyl/N-ethyl adjacent to an activating group) is 1. The van der Waals surface area contributed by atoms with Gasteiger partial charge in [-0.05, 0) is 12.8 Å². The van der Waals surface area contributed by atoms with E-state index in [0.717, 1.165) is 6.42 Å². The second kappa shape index (κ2) is 8.55. The van der Waals surface area contributed by atoms with E-state index >= 15 is 0 Å². The van der Waals surface area contributed by atoms with Crippen LogP contribution in [-0.2, 0) is 14.4 Å². The molecule has 0 aromatic carbocycles. The molecular formula is C11H20N2O4. The Hall–Kier alpha value is -1.59. The van der Waals surface area contributed by atoms with E-state index in [1.54, 1.807) is 7.05 Å². The van der Waals surface area contributed by atoms with Gasteiger partial charge >= 0.3 is 5.97 Å². The van der Waals surface area contributed by atoms with Gasteiger partial charge in [0.1, 0.15) is 0 Å². The molecule has 0 bridgehead atoms. The molecule has 0 spiro atoms. The highest BCUT2D eigenvalue weighted by Crippen LogP contribution is 1.93. The van der Waals surface area contributed by atoms with Gasteiger partial charge in [-0.25, -0.2) is 0 Å². The quantitative estimate of drug-likeness (QED) is 0.639. The van der Waals surface area contributed by atoms with Crippen molar-refractivity contribution in [3.63, 3.8) is 0 Å². The molecule has 6 nitrogen and oxygen atoms in total. The predicted molar refractivity (Wildman–Crippen MR) is 62.4 cm³/mol. The van der Waals surface area contributed by atoms with Crippen molar-refractivity contribution >= 4 is 17.8 Å². The first-order valence-corrected chi connectivity index (χ1v) is 5.69. The van der Waals surface area contributed by atoms with Gasteiger partial charge in [0.2, 0.25) is 11.8 Å². The van der Waals surface area contributed by atoms with Crippen LogP contribution in [-0.4, -0.2) is 47.9 Å². The first-order valence-electron chi connectivity index (χ1n) is 5.69. The number of nitrogens with zero attached hydrogens (tertiary/aromatic N) is 1. The number of aliphatic carboxylic acids is 1. The van der Waals surface area contributed by atoms with E-state index in [2.05, 4.69) is 5.32 Å².